The van der Waals surface area contributed by atoms with E-state index in [9.17, 15) is 0 Å². The van der Waals surface area contributed by atoms with Crippen molar-refractivity contribution in [3.05, 3.63) is 103 Å². The van der Waals surface area contributed by atoms with E-state index in [1.165, 1.54) is 53.2 Å². The zero-order valence-electron chi connectivity index (χ0n) is 18.9. The van der Waals surface area contributed by atoms with Gasteiger partial charge in [0.1, 0.15) is 0 Å². The summed E-state index contributed by atoms with van der Waals surface area (Å²) in [5, 5.41) is 0. The van der Waals surface area contributed by atoms with Crippen LogP contribution in [0.15, 0.2) is 82.8 Å². The molecule has 2 aliphatic carbocycles. The Kier molecular flexibility index (Phi) is 4.96. The Morgan fingerprint density at radius 3 is 1.47 bits per heavy atom. The number of thiophene rings is 2. The molecule has 2 nitrogen and oxygen atoms in total. The minimum Gasteiger partial charge on any atom is -0.251 e. The topological polar surface area (TPSA) is 24.7 Å². The number of hydrogen-bond donors (Lipinski definition) is 0. The van der Waals surface area contributed by atoms with Gasteiger partial charge in [-0.1, -0.05) is 36.5 Å². The van der Waals surface area contributed by atoms with Crippen LogP contribution in [0.1, 0.15) is 56.3 Å². The third kappa shape index (κ3) is 3.62. The molecule has 3 aromatic rings. The molecule has 166 valence electrons. The van der Waals surface area contributed by atoms with Crippen molar-refractivity contribution in [1.29, 1.82) is 0 Å². The average molecular weight is 477 g/mol. The summed E-state index contributed by atoms with van der Waals surface area (Å²) in [5.41, 5.74) is 9.94. The van der Waals surface area contributed by atoms with Gasteiger partial charge in [-0.05, 0) is 84.4 Å². The highest BCUT2D eigenvalue weighted by atomic mass is 32.1. The van der Waals surface area contributed by atoms with E-state index in [1.54, 1.807) is 0 Å². The first-order valence-corrected chi connectivity index (χ1v) is 13.7. The molecule has 0 bridgehead atoms. The van der Waals surface area contributed by atoms with E-state index in [0.29, 0.717) is 0 Å². The fourth-order valence-electron chi connectivity index (χ4n) is 5.06. The SMILES string of the molecule is C1=CC(c2ccc(C3=Nc4cc5c(cc4C3)N=C(c3ccc(C4=CCCC=C4)s3)C5)s2)=CCC1. The first kappa shape index (κ1) is 20.3. The van der Waals surface area contributed by atoms with Gasteiger partial charge >= 0.3 is 0 Å². The first-order valence-electron chi connectivity index (χ1n) is 12.1. The Balaban J connectivity index is 1.11. The smallest absolute Gasteiger partial charge is 0.0674 e. The number of fused-ring (bicyclic) bond motifs is 2. The maximum absolute atomic E-state index is 5.05. The molecule has 0 saturated carbocycles. The van der Waals surface area contributed by atoms with Gasteiger partial charge in [0.05, 0.1) is 22.8 Å². The first-order chi connectivity index (χ1) is 16.8. The van der Waals surface area contributed by atoms with Crippen molar-refractivity contribution in [2.24, 2.45) is 9.98 Å². The third-order valence-electron chi connectivity index (χ3n) is 6.85. The minimum atomic E-state index is 0.895. The standard InChI is InChI=1S/C30H24N2S2/c1-3-7-19(8-4-1)27-11-13-29(33-27)25-17-21-15-24-22(16-23(21)31-25)18-26(32-24)30-14-12-28(34-30)20-9-5-2-6-10-20/h3,5,7-16H,1-2,4,6,17-18H2. The van der Waals surface area contributed by atoms with E-state index < -0.39 is 0 Å². The molecule has 0 saturated heterocycles. The van der Waals surface area contributed by atoms with Crippen molar-refractivity contribution in [3.63, 3.8) is 0 Å². The number of allylic oxidation sites excluding steroid dienone is 8. The predicted octanol–water partition coefficient (Wildman–Crippen LogP) is 8.63. The maximum Gasteiger partial charge on any atom is 0.0674 e. The van der Waals surface area contributed by atoms with Crippen LogP contribution in [0.5, 0.6) is 0 Å². The molecule has 2 aromatic heterocycles. The number of aliphatic imine (C=N–C) groups is 2. The molecule has 0 amide bonds. The van der Waals surface area contributed by atoms with Crippen LogP contribution in [0, 0.1) is 0 Å². The van der Waals surface area contributed by atoms with Crippen LogP contribution in [-0.4, -0.2) is 11.4 Å². The molecule has 0 radical (unpaired) electrons. The number of hydrogen-bond acceptors (Lipinski definition) is 4. The van der Waals surface area contributed by atoms with Crippen LogP contribution in [0.3, 0.4) is 0 Å². The third-order valence-corrected chi connectivity index (χ3v) is 9.21. The maximum atomic E-state index is 5.05. The van der Waals surface area contributed by atoms with Gasteiger partial charge in [0, 0.05) is 32.4 Å². The monoisotopic (exact) mass is 476 g/mol. The lowest BCUT2D eigenvalue weighted by Crippen LogP contribution is -1.96. The molecule has 1 aromatic carbocycles. The molecule has 0 spiro atoms. The van der Waals surface area contributed by atoms with Crippen LogP contribution in [0.2, 0.25) is 0 Å². The van der Waals surface area contributed by atoms with Crippen LogP contribution in [0.4, 0.5) is 11.4 Å². The van der Waals surface area contributed by atoms with Crippen molar-refractivity contribution < 1.29 is 0 Å². The Hall–Kier alpha value is -3.08. The van der Waals surface area contributed by atoms with Gasteiger partial charge in [-0.3, -0.25) is 9.98 Å². The zero-order valence-corrected chi connectivity index (χ0v) is 20.5. The van der Waals surface area contributed by atoms with Crippen LogP contribution in [-0.2, 0) is 12.8 Å². The second-order valence-corrected chi connectivity index (χ2v) is 11.4. The van der Waals surface area contributed by atoms with Gasteiger partial charge in [0.25, 0.3) is 0 Å². The lowest BCUT2D eigenvalue weighted by Gasteiger charge is -2.03. The molecule has 0 N–H and O–H groups in total. The molecule has 0 fully saturated rings. The summed E-state index contributed by atoms with van der Waals surface area (Å²) in [6, 6.07) is 13.5. The molecule has 34 heavy (non-hydrogen) atoms. The van der Waals surface area contributed by atoms with Crippen molar-refractivity contribution in [2.75, 3.05) is 0 Å². The quantitative estimate of drug-likeness (QED) is 0.360. The van der Waals surface area contributed by atoms with Crippen molar-refractivity contribution in [1.82, 2.24) is 0 Å². The molecule has 0 atom stereocenters. The number of rotatable bonds is 4. The Morgan fingerprint density at radius 2 is 1.03 bits per heavy atom. The Morgan fingerprint density at radius 1 is 0.559 bits per heavy atom. The van der Waals surface area contributed by atoms with Gasteiger partial charge in [-0.2, -0.15) is 0 Å². The van der Waals surface area contributed by atoms with Crippen LogP contribution >= 0.6 is 22.7 Å². The highest BCUT2D eigenvalue weighted by Crippen LogP contribution is 2.41. The normalized spacial score (nSPS) is 18.4. The van der Waals surface area contributed by atoms with Crippen LogP contribution in [0.25, 0.3) is 11.1 Å². The summed E-state index contributed by atoms with van der Waals surface area (Å²) in [6.07, 6.45) is 20.1. The average Bonchev–Trinajstić information content (AvgIpc) is 3.68. The molecular formula is C30H24N2S2. The molecule has 4 heterocycles. The van der Waals surface area contributed by atoms with Crippen molar-refractivity contribution in [3.8, 4) is 0 Å². The minimum absolute atomic E-state index is 0.895. The van der Waals surface area contributed by atoms with Gasteiger partial charge in [-0.25, -0.2) is 0 Å². The van der Waals surface area contributed by atoms with Gasteiger partial charge < -0.3 is 0 Å². The Labute approximate surface area is 208 Å². The second kappa shape index (κ2) is 8.30. The Bertz CT molecular complexity index is 1390. The van der Waals surface area contributed by atoms with Crippen LogP contribution < -0.4 is 0 Å². The number of benzene rings is 1. The highest BCUT2D eigenvalue weighted by molar-refractivity contribution is 7.15. The van der Waals surface area contributed by atoms with E-state index >= 15 is 0 Å². The van der Waals surface area contributed by atoms with E-state index in [4.69, 9.17) is 9.98 Å². The van der Waals surface area contributed by atoms with Gasteiger partial charge in [0.15, 0.2) is 0 Å². The van der Waals surface area contributed by atoms with Crippen molar-refractivity contribution >= 4 is 56.6 Å². The van der Waals surface area contributed by atoms with E-state index in [2.05, 4.69) is 72.9 Å². The van der Waals surface area contributed by atoms with E-state index in [-0.39, 0.29) is 0 Å². The number of nitrogens with zero attached hydrogens (tertiary/aromatic N) is 2. The summed E-state index contributed by atoms with van der Waals surface area (Å²) in [4.78, 5) is 15.4. The van der Waals surface area contributed by atoms with Gasteiger partial charge in [-0.15, -0.1) is 22.7 Å². The fourth-order valence-corrected chi connectivity index (χ4v) is 7.09. The van der Waals surface area contributed by atoms with E-state index in [0.717, 1.165) is 49.9 Å². The molecule has 2 aliphatic heterocycles. The summed E-state index contributed by atoms with van der Waals surface area (Å²) in [6.45, 7) is 0. The largest absolute Gasteiger partial charge is 0.251 e. The second-order valence-electron chi connectivity index (χ2n) is 9.19. The summed E-state index contributed by atoms with van der Waals surface area (Å²) >= 11 is 3.72. The summed E-state index contributed by atoms with van der Waals surface area (Å²) in [5.74, 6) is 0. The van der Waals surface area contributed by atoms with Gasteiger partial charge in [0.2, 0.25) is 0 Å². The molecule has 4 heteroatoms. The zero-order chi connectivity index (χ0) is 22.5. The summed E-state index contributed by atoms with van der Waals surface area (Å²) in [7, 11) is 0. The molecule has 0 unspecified atom stereocenters. The van der Waals surface area contributed by atoms with E-state index in [1.807, 2.05) is 22.7 Å². The lowest BCUT2D eigenvalue weighted by molar-refractivity contribution is 1.04. The van der Waals surface area contributed by atoms with Crippen molar-refractivity contribution in [2.45, 2.75) is 38.5 Å². The molecular weight excluding hydrogens is 452 g/mol. The lowest BCUT2D eigenvalue weighted by atomic mass is 10.0. The highest BCUT2D eigenvalue weighted by Gasteiger charge is 2.24. The molecule has 4 aliphatic rings. The fraction of sp³-hybridized carbons (Fsp3) is 0.200. The molecule has 7 rings (SSSR count). The summed E-state index contributed by atoms with van der Waals surface area (Å²) < 4.78 is 0. The predicted molar refractivity (Wildman–Crippen MR) is 148 cm³/mol.